The summed E-state index contributed by atoms with van der Waals surface area (Å²) in [7, 11) is 1.29. The molecule has 1 aliphatic heterocycles. The first-order chi connectivity index (χ1) is 11.6. The molecule has 1 aliphatic rings. The van der Waals surface area contributed by atoms with Gasteiger partial charge in [0.05, 0.1) is 30.6 Å². The van der Waals surface area contributed by atoms with E-state index in [0.717, 1.165) is 0 Å². The summed E-state index contributed by atoms with van der Waals surface area (Å²) in [5, 5.41) is 3.25. The van der Waals surface area contributed by atoms with Crippen LogP contribution in [0.3, 0.4) is 0 Å². The Morgan fingerprint density at radius 3 is 2.83 bits per heavy atom. The Labute approximate surface area is 143 Å². The number of ether oxygens (including phenoxy) is 2. The summed E-state index contributed by atoms with van der Waals surface area (Å²) in [6.45, 7) is 0.750. The van der Waals surface area contributed by atoms with Crippen molar-refractivity contribution < 1.29 is 19.1 Å². The van der Waals surface area contributed by atoms with Gasteiger partial charge in [-0.25, -0.2) is 9.59 Å². The van der Waals surface area contributed by atoms with Gasteiger partial charge in [-0.3, -0.25) is 4.90 Å². The third-order valence-electron chi connectivity index (χ3n) is 3.60. The summed E-state index contributed by atoms with van der Waals surface area (Å²) in [4.78, 5) is 26.0. The Balaban J connectivity index is 1.88. The lowest BCUT2D eigenvalue weighted by Crippen LogP contribution is -2.41. The van der Waals surface area contributed by atoms with Gasteiger partial charge < -0.3 is 14.8 Å². The molecule has 1 heterocycles. The second kappa shape index (κ2) is 6.80. The number of para-hydroxylation sites is 1. The zero-order valence-electron chi connectivity index (χ0n) is 12.9. The maximum absolute atomic E-state index is 12.7. The monoisotopic (exact) mass is 346 g/mol. The Hall–Kier alpha value is -2.73. The molecule has 0 unspecified atom stereocenters. The van der Waals surface area contributed by atoms with Crippen LogP contribution in [0.2, 0.25) is 5.02 Å². The minimum atomic E-state index is -0.517. The SMILES string of the molecule is COC(=O)c1ccccc1NC(=O)N1CCOc2ccc(Cl)cc21. The number of urea groups is 1. The van der Waals surface area contributed by atoms with Gasteiger partial charge in [-0.2, -0.15) is 0 Å². The highest BCUT2D eigenvalue weighted by molar-refractivity contribution is 6.31. The number of nitrogens with zero attached hydrogens (tertiary/aromatic N) is 1. The summed E-state index contributed by atoms with van der Waals surface area (Å²) < 4.78 is 10.3. The van der Waals surface area contributed by atoms with Crippen molar-refractivity contribution in [3.05, 3.63) is 53.1 Å². The number of carbonyl (C=O) groups excluding carboxylic acids is 2. The molecule has 0 saturated heterocycles. The molecule has 3 rings (SSSR count). The van der Waals surface area contributed by atoms with E-state index < -0.39 is 5.97 Å². The first kappa shape index (κ1) is 16.1. The van der Waals surface area contributed by atoms with Gasteiger partial charge in [0.25, 0.3) is 0 Å². The van der Waals surface area contributed by atoms with Crippen LogP contribution >= 0.6 is 11.6 Å². The number of esters is 1. The molecule has 0 bridgehead atoms. The first-order valence-electron chi connectivity index (χ1n) is 7.28. The minimum absolute atomic E-state index is 0.285. The number of halogens is 1. The molecule has 6 nitrogen and oxygen atoms in total. The number of fused-ring (bicyclic) bond motifs is 1. The topological polar surface area (TPSA) is 67.9 Å². The average molecular weight is 347 g/mol. The highest BCUT2D eigenvalue weighted by atomic mass is 35.5. The molecule has 0 fully saturated rings. The summed E-state index contributed by atoms with van der Waals surface area (Å²) in [6, 6.07) is 11.4. The van der Waals surface area contributed by atoms with Crippen molar-refractivity contribution in [2.75, 3.05) is 30.5 Å². The molecule has 0 aromatic heterocycles. The first-order valence-corrected chi connectivity index (χ1v) is 7.66. The number of amides is 2. The molecular weight excluding hydrogens is 332 g/mol. The molecule has 0 spiro atoms. The van der Waals surface area contributed by atoms with Gasteiger partial charge in [0.1, 0.15) is 12.4 Å². The highest BCUT2D eigenvalue weighted by Gasteiger charge is 2.25. The van der Waals surface area contributed by atoms with E-state index in [2.05, 4.69) is 5.32 Å². The van der Waals surface area contributed by atoms with Crippen LogP contribution < -0.4 is 15.0 Å². The van der Waals surface area contributed by atoms with Crippen molar-refractivity contribution in [3.8, 4) is 5.75 Å². The van der Waals surface area contributed by atoms with Crippen molar-refractivity contribution in [1.82, 2.24) is 0 Å². The second-order valence-corrected chi connectivity index (χ2v) is 5.52. The zero-order valence-corrected chi connectivity index (χ0v) is 13.7. The number of methoxy groups -OCH3 is 1. The standard InChI is InChI=1S/C17H15ClN2O4/c1-23-16(21)12-4-2-3-5-13(12)19-17(22)20-8-9-24-15-7-6-11(18)10-14(15)20/h2-7,10H,8-9H2,1H3,(H,19,22). The Bertz CT molecular complexity index is 794. The molecule has 124 valence electrons. The Morgan fingerprint density at radius 2 is 2.04 bits per heavy atom. The number of hydrogen-bond donors (Lipinski definition) is 1. The molecule has 24 heavy (non-hydrogen) atoms. The van der Waals surface area contributed by atoms with Crippen LogP contribution in [-0.4, -0.2) is 32.3 Å². The third-order valence-corrected chi connectivity index (χ3v) is 3.84. The van der Waals surface area contributed by atoms with Gasteiger partial charge in [0.2, 0.25) is 0 Å². The number of nitrogens with one attached hydrogen (secondary N) is 1. The lowest BCUT2D eigenvalue weighted by atomic mass is 10.2. The van der Waals surface area contributed by atoms with Crippen molar-refractivity contribution in [3.63, 3.8) is 0 Å². The van der Waals surface area contributed by atoms with Gasteiger partial charge in [-0.05, 0) is 30.3 Å². The van der Waals surface area contributed by atoms with E-state index >= 15 is 0 Å². The predicted octanol–water partition coefficient (Wildman–Crippen LogP) is 3.56. The molecule has 0 aliphatic carbocycles. The van der Waals surface area contributed by atoms with Gasteiger partial charge in [-0.1, -0.05) is 23.7 Å². The minimum Gasteiger partial charge on any atom is -0.490 e. The van der Waals surface area contributed by atoms with E-state index in [1.165, 1.54) is 12.0 Å². The number of anilines is 2. The molecule has 2 aromatic carbocycles. The molecular formula is C17H15ClN2O4. The molecule has 0 atom stereocenters. The number of rotatable bonds is 2. The third kappa shape index (κ3) is 3.14. The predicted molar refractivity (Wildman–Crippen MR) is 91.1 cm³/mol. The summed E-state index contributed by atoms with van der Waals surface area (Å²) in [5.41, 5.74) is 1.25. The van der Waals surface area contributed by atoms with Crippen LogP contribution in [0.5, 0.6) is 5.75 Å². The fourth-order valence-electron chi connectivity index (χ4n) is 2.46. The van der Waals surface area contributed by atoms with E-state index in [1.807, 2.05) is 0 Å². The number of hydrogen-bond acceptors (Lipinski definition) is 4. The van der Waals surface area contributed by atoms with Crippen molar-refractivity contribution in [1.29, 1.82) is 0 Å². The maximum atomic E-state index is 12.7. The van der Waals surface area contributed by atoms with Crippen LogP contribution in [0.4, 0.5) is 16.2 Å². The number of carbonyl (C=O) groups is 2. The van der Waals surface area contributed by atoms with Gasteiger partial charge in [0, 0.05) is 5.02 Å². The van der Waals surface area contributed by atoms with E-state index in [1.54, 1.807) is 42.5 Å². The summed E-state index contributed by atoms with van der Waals surface area (Å²) >= 11 is 6.02. The molecule has 0 saturated carbocycles. The fourth-order valence-corrected chi connectivity index (χ4v) is 2.63. The molecule has 7 heteroatoms. The molecule has 2 aromatic rings. The van der Waals surface area contributed by atoms with Crippen LogP contribution in [0.25, 0.3) is 0 Å². The van der Waals surface area contributed by atoms with E-state index in [9.17, 15) is 9.59 Å². The van der Waals surface area contributed by atoms with E-state index in [-0.39, 0.29) is 11.6 Å². The van der Waals surface area contributed by atoms with Gasteiger partial charge in [-0.15, -0.1) is 0 Å². The van der Waals surface area contributed by atoms with E-state index in [0.29, 0.717) is 35.3 Å². The fraction of sp³-hybridized carbons (Fsp3) is 0.176. The van der Waals surface area contributed by atoms with Crippen LogP contribution in [-0.2, 0) is 4.74 Å². The average Bonchev–Trinajstić information content (AvgIpc) is 2.60. The highest BCUT2D eigenvalue weighted by Crippen LogP contribution is 2.34. The zero-order chi connectivity index (χ0) is 17.1. The Morgan fingerprint density at radius 1 is 1.25 bits per heavy atom. The quantitative estimate of drug-likeness (QED) is 0.844. The van der Waals surface area contributed by atoms with Crippen LogP contribution in [0.1, 0.15) is 10.4 Å². The normalized spacial score (nSPS) is 12.8. The molecule has 2 amide bonds. The molecule has 0 radical (unpaired) electrons. The summed E-state index contributed by atoms with van der Waals surface area (Å²) in [6.07, 6.45) is 0. The van der Waals surface area contributed by atoms with Crippen LogP contribution in [0, 0.1) is 0 Å². The Kier molecular flexibility index (Phi) is 4.57. The van der Waals surface area contributed by atoms with Crippen LogP contribution in [0.15, 0.2) is 42.5 Å². The van der Waals surface area contributed by atoms with Crippen molar-refractivity contribution in [2.24, 2.45) is 0 Å². The number of benzene rings is 2. The maximum Gasteiger partial charge on any atom is 0.339 e. The van der Waals surface area contributed by atoms with Gasteiger partial charge >= 0.3 is 12.0 Å². The van der Waals surface area contributed by atoms with Crippen molar-refractivity contribution in [2.45, 2.75) is 0 Å². The van der Waals surface area contributed by atoms with Crippen molar-refractivity contribution >= 4 is 35.0 Å². The van der Waals surface area contributed by atoms with Gasteiger partial charge in [0.15, 0.2) is 0 Å². The van der Waals surface area contributed by atoms with E-state index in [4.69, 9.17) is 21.1 Å². The lowest BCUT2D eigenvalue weighted by Gasteiger charge is -2.29. The molecule has 1 N–H and O–H groups in total. The summed E-state index contributed by atoms with van der Waals surface area (Å²) in [5.74, 6) is 0.0679. The lowest BCUT2D eigenvalue weighted by molar-refractivity contribution is 0.0602. The largest absolute Gasteiger partial charge is 0.490 e. The second-order valence-electron chi connectivity index (χ2n) is 5.08. The smallest absolute Gasteiger partial charge is 0.339 e.